The Hall–Kier alpha value is -2.89. The summed E-state index contributed by atoms with van der Waals surface area (Å²) < 4.78 is 16.8. The predicted octanol–water partition coefficient (Wildman–Crippen LogP) is 22.7. The number of rotatable bonds is 61. The van der Waals surface area contributed by atoms with E-state index in [1.807, 2.05) is 0 Å². The molecule has 76 heavy (non-hydrogen) atoms. The van der Waals surface area contributed by atoms with Crippen LogP contribution in [0, 0.1) is 0 Å². The van der Waals surface area contributed by atoms with E-state index in [1.54, 1.807) is 0 Å². The summed E-state index contributed by atoms with van der Waals surface area (Å²) in [5.41, 5.74) is 0. The smallest absolute Gasteiger partial charge is 0.306 e. The monoisotopic (exact) mass is 1060 g/mol. The van der Waals surface area contributed by atoms with Crippen LogP contribution in [-0.4, -0.2) is 37.2 Å². The largest absolute Gasteiger partial charge is 0.462 e. The maximum Gasteiger partial charge on any atom is 0.306 e. The fourth-order valence-corrected chi connectivity index (χ4v) is 9.79. The van der Waals surface area contributed by atoms with Crippen molar-refractivity contribution in [2.45, 2.75) is 354 Å². The minimum Gasteiger partial charge on any atom is -0.462 e. The minimum absolute atomic E-state index is 0.0712. The lowest BCUT2D eigenvalue weighted by molar-refractivity contribution is -0.167. The van der Waals surface area contributed by atoms with E-state index in [0.29, 0.717) is 19.3 Å². The molecule has 0 saturated heterocycles. The summed E-state index contributed by atoms with van der Waals surface area (Å²) in [6, 6.07) is 0. The minimum atomic E-state index is -0.771. The summed E-state index contributed by atoms with van der Waals surface area (Å²) in [6.07, 6.45) is 82.8. The number of hydrogen-bond acceptors (Lipinski definition) is 6. The van der Waals surface area contributed by atoms with Crippen molar-refractivity contribution < 1.29 is 28.6 Å². The van der Waals surface area contributed by atoms with Gasteiger partial charge in [-0.2, -0.15) is 0 Å². The van der Waals surface area contributed by atoms with Gasteiger partial charge in [0.15, 0.2) is 6.10 Å². The molecule has 0 aliphatic heterocycles. The average molecular weight is 1060 g/mol. The molecule has 0 aromatic carbocycles. The highest BCUT2D eigenvalue weighted by Crippen LogP contribution is 2.17. The second-order valence-corrected chi connectivity index (χ2v) is 22.4. The summed E-state index contributed by atoms with van der Waals surface area (Å²) >= 11 is 0. The van der Waals surface area contributed by atoms with Crippen LogP contribution in [0.3, 0.4) is 0 Å². The summed E-state index contributed by atoms with van der Waals surface area (Å²) in [5, 5.41) is 0. The van der Waals surface area contributed by atoms with Crippen LogP contribution in [0.2, 0.25) is 0 Å². The molecule has 1 unspecified atom stereocenters. The molecule has 0 radical (unpaired) electrons. The first kappa shape index (κ1) is 73.1. The number of ether oxygens (including phenoxy) is 3. The molecule has 442 valence electrons. The molecule has 0 aromatic rings. The normalized spacial score (nSPS) is 12.4. The van der Waals surface area contributed by atoms with Crippen LogP contribution in [0.1, 0.15) is 348 Å². The molecule has 0 bridgehead atoms. The lowest BCUT2D eigenvalue weighted by Gasteiger charge is -2.18. The van der Waals surface area contributed by atoms with Crippen molar-refractivity contribution in [1.82, 2.24) is 0 Å². The van der Waals surface area contributed by atoms with E-state index in [0.717, 1.165) is 83.5 Å². The van der Waals surface area contributed by atoms with Gasteiger partial charge < -0.3 is 14.2 Å². The summed E-state index contributed by atoms with van der Waals surface area (Å²) in [7, 11) is 0. The number of esters is 3. The molecule has 0 aliphatic carbocycles. The number of carbonyl (C=O) groups is 3. The second kappa shape index (κ2) is 64.6. The van der Waals surface area contributed by atoms with Crippen molar-refractivity contribution in [1.29, 1.82) is 0 Å². The topological polar surface area (TPSA) is 78.9 Å². The van der Waals surface area contributed by atoms with Crippen LogP contribution in [-0.2, 0) is 28.6 Å². The van der Waals surface area contributed by atoms with Crippen molar-refractivity contribution in [3.05, 3.63) is 60.8 Å². The van der Waals surface area contributed by atoms with Crippen molar-refractivity contribution >= 4 is 17.9 Å². The third-order valence-corrected chi connectivity index (χ3v) is 14.8. The Morgan fingerprint density at radius 1 is 0.276 bits per heavy atom. The van der Waals surface area contributed by atoms with E-state index in [-0.39, 0.29) is 31.1 Å². The van der Waals surface area contributed by atoms with Gasteiger partial charge in [0.05, 0.1) is 0 Å². The Morgan fingerprint density at radius 2 is 0.513 bits per heavy atom. The zero-order valence-corrected chi connectivity index (χ0v) is 50.8. The number of allylic oxidation sites excluding steroid dienone is 10. The van der Waals surface area contributed by atoms with Crippen molar-refractivity contribution in [3.8, 4) is 0 Å². The average Bonchev–Trinajstić information content (AvgIpc) is 3.42. The number of carbonyl (C=O) groups excluding carboxylic acids is 3. The highest BCUT2D eigenvalue weighted by atomic mass is 16.6. The standard InChI is InChI=1S/C70H126O6/c1-4-7-10-13-16-18-20-22-24-26-28-30-32-34-35-37-38-40-42-44-46-48-50-52-54-57-60-63-69(72)75-66-67(65-74-68(71)62-59-56-15-12-9-6-3)76-70(73)64-61-58-55-53-51-49-47-45-43-41-39-36-33-31-29-27-25-23-21-19-17-14-11-8-5-2/h8,11,17,19,23,25-26,28-29,31,67H,4-7,9-10,12-16,18,20-22,24,27,30,32-66H2,1-3H3/b11-8-,19-17-,25-23-,28-26-,31-29-. The maximum atomic E-state index is 12.9. The SMILES string of the molecule is CC/C=C\C/C=C\C/C=C\C/C=C\CCCCCCCCCCCCCCC(=O)OC(COC(=O)CCCCCCCC)COC(=O)CCCCCCCCCCCCCCCCC/C=C\CCCCCCCCCC. The summed E-state index contributed by atoms with van der Waals surface area (Å²) in [6.45, 7) is 6.51. The van der Waals surface area contributed by atoms with E-state index in [2.05, 4.69) is 81.5 Å². The van der Waals surface area contributed by atoms with Gasteiger partial charge in [-0.3, -0.25) is 14.4 Å². The zero-order chi connectivity index (χ0) is 55.0. The highest BCUT2D eigenvalue weighted by Gasteiger charge is 2.19. The first-order valence-electron chi connectivity index (χ1n) is 33.3. The molecule has 0 N–H and O–H groups in total. The molecule has 0 heterocycles. The lowest BCUT2D eigenvalue weighted by atomic mass is 10.0. The highest BCUT2D eigenvalue weighted by molar-refractivity contribution is 5.71. The molecule has 0 spiro atoms. The molecule has 0 aliphatic rings. The third kappa shape index (κ3) is 62.0. The van der Waals surface area contributed by atoms with Crippen molar-refractivity contribution in [2.24, 2.45) is 0 Å². The molecule has 0 rings (SSSR count). The Bertz CT molecular complexity index is 1360. The van der Waals surface area contributed by atoms with E-state index >= 15 is 0 Å². The first-order chi connectivity index (χ1) is 37.5. The molecule has 0 saturated carbocycles. The Morgan fingerprint density at radius 3 is 0.816 bits per heavy atom. The third-order valence-electron chi connectivity index (χ3n) is 14.8. The zero-order valence-electron chi connectivity index (χ0n) is 50.8. The van der Waals surface area contributed by atoms with E-state index in [1.165, 1.54) is 225 Å². The second-order valence-electron chi connectivity index (χ2n) is 22.4. The number of hydrogen-bond donors (Lipinski definition) is 0. The van der Waals surface area contributed by atoms with Gasteiger partial charge in [0.1, 0.15) is 13.2 Å². The maximum absolute atomic E-state index is 12.9. The van der Waals surface area contributed by atoms with Crippen molar-refractivity contribution in [3.63, 3.8) is 0 Å². The van der Waals surface area contributed by atoms with Crippen LogP contribution in [0.5, 0.6) is 0 Å². The van der Waals surface area contributed by atoms with Crippen LogP contribution < -0.4 is 0 Å². The van der Waals surface area contributed by atoms with Gasteiger partial charge in [-0.1, -0.05) is 306 Å². The van der Waals surface area contributed by atoms with Crippen LogP contribution in [0.15, 0.2) is 60.8 Å². The Balaban J connectivity index is 4.03. The first-order valence-corrected chi connectivity index (χ1v) is 33.3. The molecule has 0 fully saturated rings. The summed E-state index contributed by atoms with van der Waals surface area (Å²) in [4.78, 5) is 38.1. The van der Waals surface area contributed by atoms with Gasteiger partial charge in [0.2, 0.25) is 0 Å². The number of unbranched alkanes of at least 4 members (excludes halogenated alkanes) is 40. The van der Waals surface area contributed by atoms with Crippen LogP contribution in [0.4, 0.5) is 0 Å². The molecule has 6 heteroatoms. The van der Waals surface area contributed by atoms with Gasteiger partial charge in [0, 0.05) is 19.3 Å². The molecule has 0 amide bonds. The molecular formula is C70H126O6. The molecule has 1 atom stereocenters. The van der Waals surface area contributed by atoms with Crippen molar-refractivity contribution in [2.75, 3.05) is 13.2 Å². The van der Waals surface area contributed by atoms with E-state index in [9.17, 15) is 14.4 Å². The van der Waals surface area contributed by atoms with Crippen LogP contribution >= 0.6 is 0 Å². The van der Waals surface area contributed by atoms with E-state index < -0.39 is 6.10 Å². The van der Waals surface area contributed by atoms with Gasteiger partial charge in [-0.25, -0.2) is 0 Å². The Kier molecular flexibility index (Phi) is 62.2. The Labute approximate surface area is 472 Å². The van der Waals surface area contributed by atoms with Gasteiger partial charge in [0.25, 0.3) is 0 Å². The van der Waals surface area contributed by atoms with Gasteiger partial charge >= 0.3 is 17.9 Å². The molecule has 6 nitrogen and oxygen atoms in total. The molecular weight excluding hydrogens is 937 g/mol. The fraction of sp³-hybridized carbons (Fsp3) is 0.814. The lowest BCUT2D eigenvalue weighted by Crippen LogP contribution is -2.30. The molecule has 0 aromatic heterocycles. The van der Waals surface area contributed by atoms with Crippen LogP contribution in [0.25, 0.3) is 0 Å². The summed E-state index contributed by atoms with van der Waals surface area (Å²) in [5.74, 6) is -0.865. The van der Waals surface area contributed by atoms with E-state index in [4.69, 9.17) is 14.2 Å². The fourth-order valence-electron chi connectivity index (χ4n) is 9.79. The van der Waals surface area contributed by atoms with Gasteiger partial charge in [-0.15, -0.1) is 0 Å². The predicted molar refractivity (Wildman–Crippen MR) is 330 cm³/mol. The van der Waals surface area contributed by atoms with Gasteiger partial charge in [-0.05, 0) is 83.5 Å². The quantitative estimate of drug-likeness (QED) is 0.0261.